The van der Waals surface area contributed by atoms with Crippen LogP contribution in [-0.4, -0.2) is 49.5 Å². The van der Waals surface area contributed by atoms with Crippen molar-refractivity contribution in [1.82, 2.24) is 15.1 Å². The van der Waals surface area contributed by atoms with Crippen LogP contribution < -0.4 is 14.2 Å². The van der Waals surface area contributed by atoms with Crippen molar-refractivity contribution in [1.29, 1.82) is 0 Å². The van der Waals surface area contributed by atoms with Crippen molar-refractivity contribution < 1.29 is 14.2 Å². The van der Waals surface area contributed by atoms with Crippen LogP contribution in [0.3, 0.4) is 0 Å². The molecule has 0 saturated carbocycles. The summed E-state index contributed by atoms with van der Waals surface area (Å²) in [6.45, 7) is 5.66. The first-order valence-electron chi connectivity index (χ1n) is 7.77. The number of benzene rings is 1. The molecule has 0 saturated heterocycles. The fourth-order valence-corrected chi connectivity index (χ4v) is 2.64. The highest BCUT2D eigenvalue weighted by molar-refractivity contribution is 5.70. The SMILES string of the molecule is C#CCN(CC=C)Cc1cn[nH]c1-c1cc(OC)c(OC)c(OC)c1. The molecule has 0 aliphatic carbocycles. The van der Waals surface area contributed by atoms with Gasteiger partial charge in [-0.05, 0) is 12.1 Å². The predicted octanol–water partition coefficient (Wildman–Crippen LogP) is 2.72. The van der Waals surface area contributed by atoms with Gasteiger partial charge in [0.1, 0.15) is 0 Å². The second-order valence-corrected chi connectivity index (χ2v) is 5.35. The van der Waals surface area contributed by atoms with Gasteiger partial charge in [0.2, 0.25) is 5.75 Å². The largest absolute Gasteiger partial charge is 0.493 e. The fourth-order valence-electron chi connectivity index (χ4n) is 2.64. The molecule has 25 heavy (non-hydrogen) atoms. The maximum atomic E-state index is 5.45. The molecule has 0 amide bonds. The van der Waals surface area contributed by atoms with Crippen molar-refractivity contribution >= 4 is 0 Å². The lowest BCUT2D eigenvalue weighted by Gasteiger charge is -2.18. The first-order valence-corrected chi connectivity index (χ1v) is 7.77. The number of aromatic nitrogens is 2. The summed E-state index contributed by atoms with van der Waals surface area (Å²) in [5.41, 5.74) is 2.79. The average Bonchev–Trinajstić information content (AvgIpc) is 3.08. The summed E-state index contributed by atoms with van der Waals surface area (Å²) in [5.74, 6) is 4.39. The van der Waals surface area contributed by atoms with Gasteiger partial charge in [0, 0.05) is 24.2 Å². The molecule has 0 radical (unpaired) electrons. The summed E-state index contributed by atoms with van der Waals surface area (Å²) in [7, 11) is 4.76. The lowest BCUT2D eigenvalue weighted by molar-refractivity contribution is 0.324. The van der Waals surface area contributed by atoms with E-state index in [1.165, 1.54) is 0 Å². The van der Waals surface area contributed by atoms with Crippen LogP contribution in [0.25, 0.3) is 11.3 Å². The van der Waals surface area contributed by atoms with Crippen LogP contribution >= 0.6 is 0 Å². The monoisotopic (exact) mass is 341 g/mol. The van der Waals surface area contributed by atoms with E-state index >= 15 is 0 Å². The fraction of sp³-hybridized carbons (Fsp3) is 0.316. The summed E-state index contributed by atoms with van der Waals surface area (Å²) in [5, 5.41) is 7.23. The number of nitrogens with zero attached hydrogens (tertiary/aromatic N) is 2. The van der Waals surface area contributed by atoms with Crippen LogP contribution in [0.1, 0.15) is 5.56 Å². The zero-order chi connectivity index (χ0) is 18.2. The van der Waals surface area contributed by atoms with E-state index in [-0.39, 0.29) is 0 Å². The Morgan fingerprint density at radius 2 is 1.92 bits per heavy atom. The normalized spacial score (nSPS) is 10.4. The zero-order valence-electron chi connectivity index (χ0n) is 14.8. The summed E-state index contributed by atoms with van der Waals surface area (Å²) in [4.78, 5) is 2.10. The Labute approximate surface area is 148 Å². The van der Waals surface area contributed by atoms with Gasteiger partial charge in [-0.2, -0.15) is 5.10 Å². The number of methoxy groups -OCH3 is 3. The first-order chi connectivity index (χ1) is 12.2. The highest BCUT2D eigenvalue weighted by Crippen LogP contribution is 2.41. The van der Waals surface area contributed by atoms with Crippen molar-refractivity contribution in [3.63, 3.8) is 0 Å². The Morgan fingerprint density at radius 3 is 2.44 bits per heavy atom. The molecule has 132 valence electrons. The summed E-state index contributed by atoms with van der Waals surface area (Å²) in [6, 6.07) is 3.77. The quantitative estimate of drug-likeness (QED) is 0.561. The molecular formula is C19H23N3O3. The Hall–Kier alpha value is -2.91. The highest BCUT2D eigenvalue weighted by Gasteiger charge is 2.17. The third kappa shape index (κ3) is 4.14. The number of nitrogens with one attached hydrogen (secondary N) is 1. The van der Waals surface area contributed by atoms with E-state index in [4.69, 9.17) is 20.6 Å². The van der Waals surface area contributed by atoms with Crippen molar-refractivity contribution in [2.75, 3.05) is 34.4 Å². The zero-order valence-corrected chi connectivity index (χ0v) is 14.8. The Bertz CT molecular complexity index is 737. The van der Waals surface area contributed by atoms with E-state index in [0.29, 0.717) is 36.9 Å². The second-order valence-electron chi connectivity index (χ2n) is 5.35. The molecule has 1 heterocycles. The highest BCUT2D eigenvalue weighted by atomic mass is 16.5. The van der Waals surface area contributed by atoms with Crippen LogP contribution in [0.15, 0.2) is 31.0 Å². The minimum Gasteiger partial charge on any atom is -0.493 e. The standard InChI is InChI=1S/C19H23N3O3/c1-6-8-22(9-7-2)13-15-12-20-21-18(15)14-10-16(23-3)19(25-5)17(11-14)24-4/h1,7,10-12H,2,8-9,13H2,3-5H3,(H,20,21). The van der Waals surface area contributed by atoms with E-state index in [1.54, 1.807) is 27.5 Å². The van der Waals surface area contributed by atoms with E-state index < -0.39 is 0 Å². The topological polar surface area (TPSA) is 59.6 Å². The summed E-state index contributed by atoms with van der Waals surface area (Å²) >= 11 is 0. The third-order valence-electron chi connectivity index (χ3n) is 3.77. The van der Waals surface area contributed by atoms with E-state index in [2.05, 4.69) is 27.6 Å². The average molecular weight is 341 g/mol. The minimum atomic E-state index is 0.534. The van der Waals surface area contributed by atoms with Crippen LogP contribution in [-0.2, 0) is 6.54 Å². The molecule has 2 aromatic rings. The van der Waals surface area contributed by atoms with Gasteiger partial charge >= 0.3 is 0 Å². The van der Waals surface area contributed by atoms with Gasteiger partial charge in [-0.1, -0.05) is 12.0 Å². The van der Waals surface area contributed by atoms with Gasteiger partial charge in [0.05, 0.1) is 39.8 Å². The van der Waals surface area contributed by atoms with Gasteiger partial charge in [-0.15, -0.1) is 13.0 Å². The molecule has 0 unspecified atom stereocenters. The predicted molar refractivity (Wildman–Crippen MR) is 98.0 cm³/mol. The Morgan fingerprint density at radius 1 is 1.24 bits per heavy atom. The Balaban J connectivity index is 2.42. The lowest BCUT2D eigenvalue weighted by Crippen LogP contribution is -2.23. The Kier molecular flexibility index (Phi) is 6.49. The molecule has 0 atom stereocenters. The summed E-state index contributed by atoms with van der Waals surface area (Å²) in [6.07, 6.45) is 9.08. The molecule has 0 aliphatic rings. The molecule has 0 aliphatic heterocycles. The molecule has 2 rings (SSSR count). The molecule has 0 spiro atoms. The van der Waals surface area contributed by atoms with Gasteiger partial charge < -0.3 is 14.2 Å². The lowest BCUT2D eigenvalue weighted by atomic mass is 10.1. The first kappa shape index (κ1) is 18.4. The maximum Gasteiger partial charge on any atom is 0.203 e. The summed E-state index contributed by atoms with van der Waals surface area (Å²) < 4.78 is 16.2. The third-order valence-corrected chi connectivity index (χ3v) is 3.77. The van der Waals surface area contributed by atoms with Gasteiger partial charge in [-0.25, -0.2) is 0 Å². The number of rotatable bonds is 9. The van der Waals surface area contributed by atoms with Crippen LogP contribution in [0, 0.1) is 12.3 Å². The molecule has 0 bridgehead atoms. The molecule has 1 aromatic carbocycles. The number of H-pyrrole nitrogens is 1. The smallest absolute Gasteiger partial charge is 0.203 e. The van der Waals surface area contributed by atoms with Crippen LogP contribution in [0.4, 0.5) is 0 Å². The molecule has 1 aromatic heterocycles. The minimum absolute atomic E-state index is 0.534. The van der Waals surface area contributed by atoms with E-state index in [9.17, 15) is 0 Å². The molecule has 6 nitrogen and oxygen atoms in total. The number of aromatic amines is 1. The second kappa shape index (κ2) is 8.81. The van der Waals surface area contributed by atoms with Gasteiger partial charge in [0.25, 0.3) is 0 Å². The van der Waals surface area contributed by atoms with Gasteiger partial charge in [0.15, 0.2) is 11.5 Å². The van der Waals surface area contributed by atoms with Crippen molar-refractivity contribution in [2.45, 2.75) is 6.54 Å². The van der Waals surface area contributed by atoms with Crippen molar-refractivity contribution in [2.24, 2.45) is 0 Å². The number of terminal acetylenes is 1. The van der Waals surface area contributed by atoms with Crippen LogP contribution in [0.2, 0.25) is 0 Å². The van der Waals surface area contributed by atoms with Crippen molar-refractivity contribution in [3.8, 4) is 40.8 Å². The van der Waals surface area contributed by atoms with Crippen molar-refractivity contribution in [3.05, 3.63) is 36.5 Å². The number of hydrogen-bond donors (Lipinski definition) is 1. The molecular weight excluding hydrogens is 318 g/mol. The maximum absolute atomic E-state index is 5.45. The molecule has 6 heteroatoms. The van der Waals surface area contributed by atoms with Crippen LogP contribution in [0.5, 0.6) is 17.2 Å². The molecule has 0 fully saturated rings. The number of hydrogen-bond acceptors (Lipinski definition) is 5. The molecule has 1 N–H and O–H groups in total. The van der Waals surface area contributed by atoms with E-state index in [1.807, 2.05) is 18.2 Å². The number of ether oxygens (including phenoxy) is 3. The van der Waals surface area contributed by atoms with Gasteiger partial charge in [-0.3, -0.25) is 10.00 Å². The van der Waals surface area contributed by atoms with E-state index in [0.717, 1.165) is 16.8 Å².